The first-order chi connectivity index (χ1) is 10.3. The third kappa shape index (κ3) is 3.92. The van der Waals surface area contributed by atoms with Gasteiger partial charge in [0.2, 0.25) is 0 Å². The van der Waals surface area contributed by atoms with Crippen molar-refractivity contribution in [2.75, 3.05) is 0 Å². The topological polar surface area (TPSA) is 29.5 Å². The lowest BCUT2D eigenvalue weighted by Gasteiger charge is -2.41. The lowest BCUT2D eigenvalue weighted by atomic mass is 9.83. The molecule has 2 heteroatoms. The number of aliphatic hydroxyl groups is 1. The minimum Gasteiger partial charge on any atom is -0.489 e. The fourth-order valence-electron chi connectivity index (χ4n) is 3.29. The first kappa shape index (κ1) is 17.1. The molecule has 122 valence electrons. The highest BCUT2D eigenvalue weighted by atomic mass is 16.5. The fourth-order valence-corrected chi connectivity index (χ4v) is 3.29. The van der Waals surface area contributed by atoms with E-state index in [0.717, 1.165) is 49.0 Å². The Kier molecular flexibility index (Phi) is 5.33. The standard InChI is InChI=1S/C20H30O2/c1-14(2)17-13-19(21)20(5)11-7-10-15(3)8-6-9-16(4)12-18(17)22-20/h9-10,19,21H,1,6-8,11-13H2,2-5H3. The second kappa shape index (κ2) is 6.87. The van der Waals surface area contributed by atoms with Crippen LogP contribution >= 0.6 is 0 Å². The third-order valence-electron chi connectivity index (χ3n) is 4.91. The predicted molar refractivity (Wildman–Crippen MR) is 92.6 cm³/mol. The highest BCUT2D eigenvalue weighted by Crippen LogP contribution is 2.40. The Morgan fingerprint density at radius 1 is 1.27 bits per heavy atom. The third-order valence-corrected chi connectivity index (χ3v) is 4.91. The van der Waals surface area contributed by atoms with E-state index in [0.29, 0.717) is 6.42 Å². The molecule has 0 spiro atoms. The van der Waals surface area contributed by atoms with E-state index in [9.17, 15) is 5.11 Å². The van der Waals surface area contributed by atoms with Crippen molar-refractivity contribution >= 4 is 0 Å². The SMILES string of the molecule is C=C(C)C1=C2CC(C)=CCCC(C)=CCCC(C)(O2)C(O)C1. The Morgan fingerprint density at radius 3 is 2.64 bits per heavy atom. The van der Waals surface area contributed by atoms with Gasteiger partial charge in [-0.2, -0.15) is 0 Å². The number of rotatable bonds is 1. The Hall–Kier alpha value is -1.28. The van der Waals surface area contributed by atoms with E-state index in [2.05, 4.69) is 32.6 Å². The van der Waals surface area contributed by atoms with Crippen molar-refractivity contribution in [2.45, 2.75) is 77.9 Å². The van der Waals surface area contributed by atoms with Gasteiger partial charge in [-0.25, -0.2) is 0 Å². The van der Waals surface area contributed by atoms with Crippen LogP contribution in [0.5, 0.6) is 0 Å². The molecule has 2 nitrogen and oxygen atoms in total. The Labute approximate surface area is 135 Å². The Morgan fingerprint density at radius 2 is 1.95 bits per heavy atom. The van der Waals surface area contributed by atoms with Crippen LogP contribution in [0, 0.1) is 0 Å². The van der Waals surface area contributed by atoms with Gasteiger partial charge < -0.3 is 9.84 Å². The fraction of sp³-hybridized carbons (Fsp3) is 0.600. The molecule has 2 aliphatic heterocycles. The molecule has 1 N–H and O–H groups in total. The van der Waals surface area contributed by atoms with Crippen LogP contribution in [0.4, 0.5) is 0 Å². The number of fused-ring (bicyclic) bond motifs is 2. The number of aliphatic hydroxyl groups excluding tert-OH is 1. The van der Waals surface area contributed by atoms with Crippen LogP contribution in [0.25, 0.3) is 0 Å². The normalized spacial score (nSPS) is 30.5. The van der Waals surface area contributed by atoms with E-state index in [1.807, 2.05) is 13.8 Å². The summed E-state index contributed by atoms with van der Waals surface area (Å²) >= 11 is 0. The van der Waals surface area contributed by atoms with Crippen molar-refractivity contribution in [3.8, 4) is 0 Å². The van der Waals surface area contributed by atoms with Crippen LogP contribution < -0.4 is 0 Å². The summed E-state index contributed by atoms with van der Waals surface area (Å²) in [5.41, 5.74) is 4.37. The summed E-state index contributed by atoms with van der Waals surface area (Å²) in [7, 11) is 0. The molecule has 2 atom stereocenters. The van der Waals surface area contributed by atoms with E-state index in [1.54, 1.807) is 0 Å². The van der Waals surface area contributed by atoms with Crippen molar-refractivity contribution in [1.82, 2.24) is 0 Å². The molecule has 2 rings (SSSR count). The molecule has 0 aromatic heterocycles. The van der Waals surface area contributed by atoms with Gasteiger partial charge in [0.1, 0.15) is 11.4 Å². The van der Waals surface area contributed by atoms with Crippen molar-refractivity contribution < 1.29 is 9.84 Å². The first-order valence-electron chi connectivity index (χ1n) is 8.38. The summed E-state index contributed by atoms with van der Waals surface area (Å²) in [6.45, 7) is 12.5. The van der Waals surface area contributed by atoms with E-state index < -0.39 is 11.7 Å². The summed E-state index contributed by atoms with van der Waals surface area (Å²) in [5, 5.41) is 10.6. The molecular formula is C20H30O2. The maximum absolute atomic E-state index is 10.6. The summed E-state index contributed by atoms with van der Waals surface area (Å²) < 4.78 is 6.34. The van der Waals surface area contributed by atoms with Crippen molar-refractivity contribution in [1.29, 1.82) is 0 Å². The molecule has 0 aromatic rings. The zero-order chi connectivity index (χ0) is 16.3. The molecule has 22 heavy (non-hydrogen) atoms. The molecule has 2 aliphatic rings. The maximum Gasteiger partial charge on any atom is 0.132 e. The molecule has 0 amide bonds. The molecule has 0 fully saturated rings. The molecule has 0 saturated heterocycles. The largest absolute Gasteiger partial charge is 0.489 e. The summed E-state index contributed by atoms with van der Waals surface area (Å²) in [6, 6.07) is 0. The van der Waals surface area contributed by atoms with E-state index in [1.165, 1.54) is 11.1 Å². The lowest BCUT2D eigenvalue weighted by molar-refractivity contribution is -0.101. The highest BCUT2D eigenvalue weighted by molar-refractivity contribution is 5.34. The van der Waals surface area contributed by atoms with Gasteiger partial charge in [-0.15, -0.1) is 0 Å². The average Bonchev–Trinajstić information content (AvgIpc) is 2.41. The Balaban J connectivity index is 2.38. The van der Waals surface area contributed by atoms with Crippen LogP contribution in [-0.4, -0.2) is 16.8 Å². The molecule has 2 heterocycles. The molecule has 0 radical (unpaired) electrons. The van der Waals surface area contributed by atoms with Gasteiger partial charge in [0, 0.05) is 12.8 Å². The van der Waals surface area contributed by atoms with Gasteiger partial charge in [0.25, 0.3) is 0 Å². The minimum atomic E-state index is -0.495. The van der Waals surface area contributed by atoms with Gasteiger partial charge >= 0.3 is 0 Å². The summed E-state index contributed by atoms with van der Waals surface area (Å²) in [5.74, 6) is 1.01. The molecule has 2 unspecified atom stereocenters. The van der Waals surface area contributed by atoms with E-state index in [-0.39, 0.29) is 0 Å². The van der Waals surface area contributed by atoms with Gasteiger partial charge in [0.15, 0.2) is 0 Å². The number of ether oxygens (including phenoxy) is 1. The zero-order valence-corrected chi connectivity index (χ0v) is 14.5. The van der Waals surface area contributed by atoms with Gasteiger partial charge in [0.05, 0.1) is 6.10 Å². The maximum atomic E-state index is 10.6. The predicted octanol–water partition coefficient (Wildman–Crippen LogP) is 5.21. The van der Waals surface area contributed by atoms with Gasteiger partial charge in [-0.05, 0) is 59.0 Å². The lowest BCUT2D eigenvalue weighted by Crippen LogP contribution is -2.45. The molecule has 2 bridgehead atoms. The van der Waals surface area contributed by atoms with Gasteiger partial charge in [-0.1, -0.05) is 35.5 Å². The van der Waals surface area contributed by atoms with E-state index >= 15 is 0 Å². The second-order valence-corrected chi connectivity index (χ2v) is 7.17. The molecular weight excluding hydrogens is 272 g/mol. The van der Waals surface area contributed by atoms with Crippen molar-refractivity contribution in [3.63, 3.8) is 0 Å². The molecule has 0 aromatic carbocycles. The van der Waals surface area contributed by atoms with E-state index in [4.69, 9.17) is 4.74 Å². The van der Waals surface area contributed by atoms with Crippen LogP contribution in [0.3, 0.4) is 0 Å². The van der Waals surface area contributed by atoms with Crippen LogP contribution in [0.1, 0.15) is 66.2 Å². The smallest absolute Gasteiger partial charge is 0.132 e. The second-order valence-electron chi connectivity index (χ2n) is 7.17. The highest BCUT2D eigenvalue weighted by Gasteiger charge is 2.40. The van der Waals surface area contributed by atoms with Crippen molar-refractivity contribution in [2.24, 2.45) is 0 Å². The molecule has 0 saturated carbocycles. The van der Waals surface area contributed by atoms with Crippen LogP contribution in [0.2, 0.25) is 0 Å². The number of hydrogen-bond acceptors (Lipinski definition) is 2. The van der Waals surface area contributed by atoms with Crippen molar-refractivity contribution in [3.05, 3.63) is 46.8 Å². The quantitative estimate of drug-likeness (QED) is 0.673. The Bertz CT molecular complexity index is 536. The minimum absolute atomic E-state index is 0.469. The zero-order valence-electron chi connectivity index (χ0n) is 14.5. The summed E-state index contributed by atoms with van der Waals surface area (Å²) in [4.78, 5) is 0. The van der Waals surface area contributed by atoms with Gasteiger partial charge in [-0.3, -0.25) is 0 Å². The average molecular weight is 302 g/mol. The first-order valence-corrected chi connectivity index (χ1v) is 8.38. The van der Waals surface area contributed by atoms with Crippen LogP contribution in [0.15, 0.2) is 46.8 Å². The monoisotopic (exact) mass is 302 g/mol. The summed E-state index contributed by atoms with van der Waals surface area (Å²) in [6.07, 6.45) is 9.62. The van der Waals surface area contributed by atoms with Crippen LogP contribution in [-0.2, 0) is 4.74 Å². The number of hydrogen-bond donors (Lipinski definition) is 1. The molecule has 0 aliphatic carbocycles. The number of allylic oxidation sites excluding steroid dienone is 5.